The quantitative estimate of drug-likeness (QED) is 0.399. The molecule has 0 saturated heterocycles. The van der Waals surface area contributed by atoms with E-state index in [2.05, 4.69) is 0 Å². The third-order valence-electron chi connectivity index (χ3n) is 2.59. The predicted molar refractivity (Wildman–Crippen MR) is 81.5 cm³/mol. The summed E-state index contributed by atoms with van der Waals surface area (Å²) in [4.78, 5) is 11.4. The third kappa shape index (κ3) is 5.69. The molecule has 0 saturated carbocycles. The number of rotatable bonds is 10. The van der Waals surface area contributed by atoms with E-state index in [1.807, 2.05) is 6.92 Å². The van der Waals surface area contributed by atoms with E-state index in [1.165, 1.54) is 7.11 Å². The summed E-state index contributed by atoms with van der Waals surface area (Å²) in [6.45, 7) is 5.05. The lowest BCUT2D eigenvalue weighted by atomic mass is 10.2. The van der Waals surface area contributed by atoms with E-state index in [1.54, 1.807) is 19.1 Å². The van der Waals surface area contributed by atoms with Gasteiger partial charge in [-0.3, -0.25) is 0 Å². The van der Waals surface area contributed by atoms with Crippen molar-refractivity contribution in [3.05, 3.63) is 12.1 Å². The molecule has 7 heteroatoms. The van der Waals surface area contributed by atoms with Crippen molar-refractivity contribution in [3.8, 4) is 17.2 Å². The number of nitrogens with two attached hydrogens (primary N) is 1. The molecule has 1 aromatic carbocycles. The molecule has 1 rings (SSSR count). The van der Waals surface area contributed by atoms with Gasteiger partial charge in [-0.05, 0) is 13.8 Å². The maximum atomic E-state index is 11.4. The highest BCUT2D eigenvalue weighted by atomic mass is 16.6. The SMILES string of the molecule is CCOCCOc1c(OC)cc(N)cc1OCC(=O)OCC. The highest BCUT2D eigenvalue weighted by molar-refractivity contribution is 5.71. The van der Waals surface area contributed by atoms with E-state index >= 15 is 0 Å². The summed E-state index contributed by atoms with van der Waals surface area (Å²) in [5, 5.41) is 0. The lowest BCUT2D eigenvalue weighted by Gasteiger charge is -2.16. The Hall–Kier alpha value is -2.15. The molecular formula is C15H23NO6. The Morgan fingerprint density at radius 3 is 2.45 bits per heavy atom. The molecule has 7 nitrogen and oxygen atoms in total. The largest absolute Gasteiger partial charge is 0.493 e. The molecular weight excluding hydrogens is 290 g/mol. The van der Waals surface area contributed by atoms with Crippen molar-refractivity contribution in [1.29, 1.82) is 0 Å². The molecule has 22 heavy (non-hydrogen) atoms. The van der Waals surface area contributed by atoms with E-state index in [-0.39, 0.29) is 6.61 Å². The first-order valence-corrected chi connectivity index (χ1v) is 7.08. The van der Waals surface area contributed by atoms with Crippen molar-refractivity contribution in [3.63, 3.8) is 0 Å². The van der Waals surface area contributed by atoms with Crippen molar-refractivity contribution in [2.75, 3.05) is 45.9 Å². The molecule has 0 heterocycles. The zero-order valence-corrected chi connectivity index (χ0v) is 13.2. The topological polar surface area (TPSA) is 89.2 Å². The number of benzene rings is 1. The van der Waals surface area contributed by atoms with Crippen molar-refractivity contribution in [2.24, 2.45) is 0 Å². The van der Waals surface area contributed by atoms with Gasteiger partial charge in [0.05, 0.1) is 20.3 Å². The van der Waals surface area contributed by atoms with Gasteiger partial charge in [0.25, 0.3) is 0 Å². The lowest BCUT2D eigenvalue weighted by Crippen LogP contribution is -2.16. The van der Waals surface area contributed by atoms with E-state index < -0.39 is 5.97 Å². The van der Waals surface area contributed by atoms with Crippen LogP contribution >= 0.6 is 0 Å². The van der Waals surface area contributed by atoms with Gasteiger partial charge in [-0.1, -0.05) is 0 Å². The number of hydrogen-bond acceptors (Lipinski definition) is 7. The monoisotopic (exact) mass is 313 g/mol. The zero-order valence-electron chi connectivity index (χ0n) is 13.2. The number of carbonyl (C=O) groups excluding carboxylic acids is 1. The molecule has 0 atom stereocenters. The molecule has 2 N–H and O–H groups in total. The Morgan fingerprint density at radius 2 is 1.82 bits per heavy atom. The van der Waals surface area contributed by atoms with Crippen molar-refractivity contribution in [1.82, 2.24) is 0 Å². The van der Waals surface area contributed by atoms with Crippen LogP contribution in [-0.4, -0.2) is 46.1 Å². The fraction of sp³-hybridized carbons (Fsp3) is 0.533. The second-order valence-electron chi connectivity index (χ2n) is 4.19. The summed E-state index contributed by atoms with van der Waals surface area (Å²) in [5.74, 6) is 0.654. The Kier molecular flexibility index (Phi) is 7.91. The fourth-order valence-corrected chi connectivity index (χ4v) is 1.68. The Bertz CT molecular complexity index is 477. The van der Waals surface area contributed by atoms with Crippen LogP contribution < -0.4 is 19.9 Å². The number of ether oxygens (including phenoxy) is 5. The minimum Gasteiger partial charge on any atom is -0.493 e. The van der Waals surface area contributed by atoms with Crippen molar-refractivity contribution >= 4 is 11.7 Å². The fourth-order valence-electron chi connectivity index (χ4n) is 1.68. The Labute approximate surface area is 130 Å². The number of nitrogen functional groups attached to an aromatic ring is 1. The van der Waals surface area contributed by atoms with Gasteiger partial charge < -0.3 is 29.4 Å². The molecule has 0 spiro atoms. The average Bonchev–Trinajstić information content (AvgIpc) is 2.50. The molecule has 0 fully saturated rings. The molecule has 0 aliphatic heterocycles. The second kappa shape index (κ2) is 9.73. The standard InChI is InChI=1S/C15H23NO6/c1-4-19-6-7-21-15-12(18-3)8-11(16)9-13(15)22-10-14(17)20-5-2/h8-9H,4-7,10,16H2,1-3H3. The maximum absolute atomic E-state index is 11.4. The van der Waals surface area contributed by atoms with Gasteiger partial charge >= 0.3 is 5.97 Å². The molecule has 0 unspecified atom stereocenters. The molecule has 0 aliphatic carbocycles. The number of anilines is 1. The van der Waals surface area contributed by atoms with Crippen LogP contribution in [0.4, 0.5) is 5.69 Å². The predicted octanol–water partition coefficient (Wildman–Crippen LogP) is 1.63. The first-order chi connectivity index (χ1) is 10.6. The number of carbonyl (C=O) groups is 1. The molecule has 0 amide bonds. The van der Waals surface area contributed by atoms with Crippen LogP contribution in [-0.2, 0) is 14.3 Å². The number of hydrogen-bond donors (Lipinski definition) is 1. The van der Waals surface area contributed by atoms with Crippen LogP contribution in [0.15, 0.2) is 12.1 Å². The van der Waals surface area contributed by atoms with Crippen LogP contribution in [0.5, 0.6) is 17.2 Å². The average molecular weight is 313 g/mol. The Morgan fingerprint density at radius 1 is 1.09 bits per heavy atom. The first kappa shape index (κ1) is 17.9. The van der Waals surface area contributed by atoms with Gasteiger partial charge in [0.1, 0.15) is 6.61 Å². The van der Waals surface area contributed by atoms with E-state index in [0.717, 1.165) is 0 Å². The van der Waals surface area contributed by atoms with E-state index in [4.69, 9.17) is 29.4 Å². The second-order valence-corrected chi connectivity index (χ2v) is 4.19. The van der Waals surface area contributed by atoms with Crippen LogP contribution in [0.25, 0.3) is 0 Å². The Balaban J connectivity index is 2.82. The maximum Gasteiger partial charge on any atom is 0.344 e. The normalized spacial score (nSPS) is 10.1. The van der Waals surface area contributed by atoms with Gasteiger partial charge in [0, 0.05) is 24.4 Å². The van der Waals surface area contributed by atoms with Gasteiger partial charge in [-0.2, -0.15) is 0 Å². The molecule has 1 aromatic rings. The minimum atomic E-state index is -0.468. The van der Waals surface area contributed by atoms with E-state index in [0.29, 0.717) is 49.4 Å². The van der Waals surface area contributed by atoms with Crippen LogP contribution in [0.2, 0.25) is 0 Å². The number of methoxy groups -OCH3 is 1. The summed E-state index contributed by atoms with van der Waals surface area (Å²) in [6.07, 6.45) is 0. The van der Waals surface area contributed by atoms with E-state index in [9.17, 15) is 4.79 Å². The van der Waals surface area contributed by atoms with Gasteiger partial charge in [0.2, 0.25) is 5.75 Å². The van der Waals surface area contributed by atoms with Crippen molar-refractivity contribution in [2.45, 2.75) is 13.8 Å². The van der Waals surface area contributed by atoms with Crippen LogP contribution in [0.1, 0.15) is 13.8 Å². The lowest BCUT2D eigenvalue weighted by molar-refractivity contribution is -0.145. The minimum absolute atomic E-state index is 0.234. The first-order valence-electron chi connectivity index (χ1n) is 7.08. The van der Waals surface area contributed by atoms with Crippen LogP contribution in [0, 0.1) is 0 Å². The van der Waals surface area contributed by atoms with Gasteiger partial charge in [-0.25, -0.2) is 4.79 Å². The highest BCUT2D eigenvalue weighted by Crippen LogP contribution is 2.39. The summed E-state index contributed by atoms with van der Waals surface area (Å²) in [5.41, 5.74) is 6.23. The smallest absolute Gasteiger partial charge is 0.344 e. The molecule has 124 valence electrons. The molecule has 0 radical (unpaired) electrons. The van der Waals surface area contributed by atoms with Gasteiger partial charge in [-0.15, -0.1) is 0 Å². The summed E-state index contributed by atoms with van der Waals surface area (Å²) in [6, 6.07) is 3.19. The van der Waals surface area contributed by atoms with Gasteiger partial charge in [0.15, 0.2) is 18.1 Å². The van der Waals surface area contributed by atoms with Crippen molar-refractivity contribution < 1.29 is 28.5 Å². The molecule has 0 aliphatic rings. The summed E-state index contributed by atoms with van der Waals surface area (Å²) in [7, 11) is 1.50. The molecule has 0 bridgehead atoms. The third-order valence-corrected chi connectivity index (χ3v) is 2.59. The zero-order chi connectivity index (χ0) is 16.4. The summed E-state index contributed by atoms with van der Waals surface area (Å²) < 4.78 is 26.3. The molecule has 0 aromatic heterocycles. The number of esters is 1. The summed E-state index contributed by atoms with van der Waals surface area (Å²) >= 11 is 0. The van der Waals surface area contributed by atoms with Crippen LogP contribution in [0.3, 0.4) is 0 Å². The highest BCUT2D eigenvalue weighted by Gasteiger charge is 2.15.